The van der Waals surface area contributed by atoms with Gasteiger partial charge >= 0.3 is 0 Å². The van der Waals surface area contributed by atoms with Crippen molar-refractivity contribution in [3.8, 4) is 0 Å². The number of nitrogens with one attached hydrogen (secondary N) is 1. The molecule has 0 saturated heterocycles. The van der Waals surface area contributed by atoms with Gasteiger partial charge in [0.2, 0.25) is 0 Å². The van der Waals surface area contributed by atoms with Crippen LogP contribution in [0, 0.1) is 0 Å². The number of rotatable bonds is 4. The van der Waals surface area contributed by atoms with Gasteiger partial charge in [-0.25, -0.2) is 0 Å². The molecule has 0 amide bonds. The van der Waals surface area contributed by atoms with E-state index >= 15 is 0 Å². The first-order valence-corrected chi connectivity index (χ1v) is 3.95. The molecular formula is C9H17NO2. The zero-order valence-electron chi connectivity index (χ0n) is 8.18. The van der Waals surface area contributed by atoms with E-state index in [1.54, 1.807) is 6.92 Å². The Morgan fingerprint density at radius 1 is 1.58 bits per heavy atom. The maximum Gasteiger partial charge on any atom is 0.180 e. The summed E-state index contributed by atoms with van der Waals surface area (Å²) in [5.74, 6) is 0.433. The zero-order chi connectivity index (χ0) is 9.78. The van der Waals surface area contributed by atoms with Gasteiger partial charge in [0.25, 0.3) is 0 Å². The van der Waals surface area contributed by atoms with E-state index in [9.17, 15) is 4.79 Å². The van der Waals surface area contributed by atoms with Crippen LogP contribution in [0.3, 0.4) is 0 Å². The Morgan fingerprint density at radius 3 is 2.42 bits per heavy atom. The predicted molar refractivity (Wildman–Crippen MR) is 48.6 cm³/mol. The van der Waals surface area contributed by atoms with Crippen LogP contribution in [0.4, 0.5) is 0 Å². The van der Waals surface area contributed by atoms with Crippen molar-refractivity contribution in [1.29, 1.82) is 0 Å². The summed E-state index contributed by atoms with van der Waals surface area (Å²) in [5.41, 5.74) is -0.271. The minimum atomic E-state index is -0.271. The first-order chi connectivity index (χ1) is 5.35. The van der Waals surface area contributed by atoms with Crippen LogP contribution < -0.4 is 5.32 Å². The summed E-state index contributed by atoms with van der Waals surface area (Å²) in [7, 11) is 0. The lowest BCUT2D eigenvalue weighted by Gasteiger charge is -2.24. The largest absolute Gasteiger partial charge is 0.474 e. The van der Waals surface area contributed by atoms with Gasteiger partial charge in [-0.2, -0.15) is 0 Å². The molecule has 1 N–H and O–H groups in total. The summed E-state index contributed by atoms with van der Waals surface area (Å²) in [4.78, 5) is 10.2. The van der Waals surface area contributed by atoms with Gasteiger partial charge < -0.3 is 14.8 Å². The van der Waals surface area contributed by atoms with Crippen LogP contribution in [0.1, 0.15) is 27.7 Å². The molecule has 12 heavy (non-hydrogen) atoms. The number of hydrogen-bond donors (Lipinski definition) is 1. The van der Waals surface area contributed by atoms with Crippen molar-refractivity contribution >= 4 is 6.29 Å². The molecule has 0 aromatic rings. The quantitative estimate of drug-likeness (QED) is 0.514. The van der Waals surface area contributed by atoms with E-state index in [1.807, 2.05) is 20.8 Å². The SMILES string of the molecule is C=C(NC(C)C=O)OC(C)(C)C. The third kappa shape index (κ3) is 5.77. The summed E-state index contributed by atoms with van der Waals surface area (Å²) in [5, 5.41) is 2.80. The molecule has 3 nitrogen and oxygen atoms in total. The highest BCUT2D eigenvalue weighted by molar-refractivity contribution is 5.57. The van der Waals surface area contributed by atoms with Gasteiger partial charge in [-0.3, -0.25) is 0 Å². The van der Waals surface area contributed by atoms with Crippen LogP contribution >= 0.6 is 0 Å². The highest BCUT2D eigenvalue weighted by Gasteiger charge is 2.12. The number of ether oxygens (including phenoxy) is 1. The van der Waals surface area contributed by atoms with E-state index < -0.39 is 0 Å². The Kier molecular flexibility index (Phi) is 3.80. The molecule has 70 valence electrons. The van der Waals surface area contributed by atoms with Crippen molar-refractivity contribution in [2.24, 2.45) is 0 Å². The van der Waals surface area contributed by atoms with Gasteiger partial charge in [0, 0.05) is 0 Å². The second kappa shape index (κ2) is 4.14. The van der Waals surface area contributed by atoms with Gasteiger partial charge in [-0.05, 0) is 34.3 Å². The molecule has 0 aromatic carbocycles. The monoisotopic (exact) mass is 171 g/mol. The average molecular weight is 171 g/mol. The van der Waals surface area contributed by atoms with Crippen molar-refractivity contribution in [1.82, 2.24) is 5.32 Å². The molecule has 0 radical (unpaired) electrons. The third-order valence-corrected chi connectivity index (χ3v) is 1.02. The highest BCUT2D eigenvalue weighted by atomic mass is 16.5. The lowest BCUT2D eigenvalue weighted by molar-refractivity contribution is -0.109. The Labute approximate surface area is 73.8 Å². The molecule has 0 saturated carbocycles. The number of carbonyl (C=O) groups is 1. The highest BCUT2D eigenvalue weighted by Crippen LogP contribution is 2.10. The molecule has 1 unspecified atom stereocenters. The van der Waals surface area contributed by atoms with Crippen LogP contribution in [0.25, 0.3) is 0 Å². The maximum atomic E-state index is 10.2. The van der Waals surface area contributed by atoms with Crippen molar-refractivity contribution in [2.45, 2.75) is 39.3 Å². The average Bonchev–Trinajstić information content (AvgIpc) is 1.82. The van der Waals surface area contributed by atoms with E-state index in [0.717, 1.165) is 6.29 Å². The van der Waals surface area contributed by atoms with Gasteiger partial charge in [0.15, 0.2) is 5.88 Å². The fraction of sp³-hybridized carbons (Fsp3) is 0.667. The standard InChI is InChI=1S/C9H17NO2/c1-7(6-11)10-8(2)12-9(3,4)5/h6-7,10H,2H2,1,3-5H3. The van der Waals surface area contributed by atoms with E-state index in [0.29, 0.717) is 5.88 Å². The van der Waals surface area contributed by atoms with E-state index in [1.165, 1.54) is 0 Å². The third-order valence-electron chi connectivity index (χ3n) is 1.02. The second-order valence-electron chi connectivity index (χ2n) is 3.71. The van der Waals surface area contributed by atoms with Crippen LogP contribution in [-0.2, 0) is 9.53 Å². The van der Waals surface area contributed by atoms with Crippen molar-refractivity contribution in [2.75, 3.05) is 0 Å². The molecule has 0 bridgehead atoms. The summed E-state index contributed by atoms with van der Waals surface area (Å²) in [6.45, 7) is 11.1. The molecule has 0 aliphatic rings. The fourth-order valence-electron chi connectivity index (χ4n) is 0.687. The first-order valence-electron chi connectivity index (χ1n) is 3.95. The molecule has 3 heteroatoms. The number of hydrogen-bond acceptors (Lipinski definition) is 3. The Morgan fingerprint density at radius 2 is 2.08 bits per heavy atom. The van der Waals surface area contributed by atoms with Gasteiger partial charge in [0.1, 0.15) is 11.9 Å². The maximum absolute atomic E-state index is 10.2. The molecule has 1 atom stereocenters. The number of aldehydes is 1. The van der Waals surface area contributed by atoms with Gasteiger partial charge in [-0.15, -0.1) is 0 Å². The molecule has 0 fully saturated rings. The normalized spacial score (nSPS) is 13.3. The Bertz CT molecular complexity index is 170. The molecule has 0 heterocycles. The smallest absolute Gasteiger partial charge is 0.180 e. The lowest BCUT2D eigenvalue weighted by Crippen LogP contribution is -2.31. The predicted octanol–water partition coefficient (Wildman–Crippen LogP) is 1.45. The topological polar surface area (TPSA) is 38.3 Å². The van der Waals surface area contributed by atoms with Crippen molar-refractivity contribution in [3.05, 3.63) is 12.5 Å². The van der Waals surface area contributed by atoms with Gasteiger partial charge in [0.05, 0.1) is 6.04 Å². The minimum Gasteiger partial charge on any atom is -0.474 e. The van der Waals surface area contributed by atoms with E-state index in [2.05, 4.69) is 11.9 Å². The van der Waals surface area contributed by atoms with Gasteiger partial charge in [-0.1, -0.05) is 0 Å². The molecule has 0 spiro atoms. The van der Waals surface area contributed by atoms with E-state index in [-0.39, 0.29) is 11.6 Å². The fourth-order valence-corrected chi connectivity index (χ4v) is 0.687. The summed E-state index contributed by atoms with van der Waals surface area (Å²) < 4.78 is 5.35. The lowest BCUT2D eigenvalue weighted by atomic mass is 10.2. The molecular weight excluding hydrogens is 154 g/mol. The first kappa shape index (κ1) is 11.0. The zero-order valence-corrected chi connectivity index (χ0v) is 8.18. The summed E-state index contributed by atoms with van der Waals surface area (Å²) >= 11 is 0. The second-order valence-corrected chi connectivity index (χ2v) is 3.71. The van der Waals surface area contributed by atoms with Crippen molar-refractivity contribution in [3.63, 3.8) is 0 Å². The molecule has 0 aliphatic carbocycles. The Hall–Kier alpha value is -0.990. The molecule has 0 rings (SSSR count). The Balaban J connectivity index is 3.82. The molecule has 0 aliphatic heterocycles. The van der Waals surface area contributed by atoms with Crippen LogP contribution in [0.15, 0.2) is 12.5 Å². The van der Waals surface area contributed by atoms with Crippen LogP contribution in [0.5, 0.6) is 0 Å². The number of carbonyl (C=O) groups excluding carboxylic acids is 1. The summed E-state index contributed by atoms with van der Waals surface area (Å²) in [6, 6.07) is -0.250. The molecule has 0 aromatic heterocycles. The summed E-state index contributed by atoms with van der Waals surface area (Å²) in [6.07, 6.45) is 0.803. The van der Waals surface area contributed by atoms with Crippen LogP contribution in [-0.4, -0.2) is 17.9 Å². The van der Waals surface area contributed by atoms with E-state index in [4.69, 9.17) is 4.74 Å². The van der Waals surface area contributed by atoms with Crippen molar-refractivity contribution < 1.29 is 9.53 Å². The minimum absolute atomic E-state index is 0.250. The van der Waals surface area contributed by atoms with Crippen LogP contribution in [0.2, 0.25) is 0 Å².